The Morgan fingerprint density at radius 1 is 1.15 bits per heavy atom. The van der Waals surface area contributed by atoms with Gasteiger partial charge in [0.05, 0.1) is 13.2 Å². The normalized spacial score (nSPS) is 11.8. The van der Waals surface area contributed by atoms with Crippen molar-refractivity contribution in [2.24, 2.45) is 0 Å². The fourth-order valence-electron chi connectivity index (χ4n) is 2.62. The molecule has 0 saturated carbocycles. The van der Waals surface area contributed by atoms with E-state index in [0.29, 0.717) is 12.1 Å². The van der Waals surface area contributed by atoms with Crippen LogP contribution in [0.2, 0.25) is 0 Å². The van der Waals surface area contributed by atoms with Crippen LogP contribution in [0.1, 0.15) is 34.8 Å². The van der Waals surface area contributed by atoms with Crippen molar-refractivity contribution < 1.29 is 14.3 Å². The Kier molecular flexibility index (Phi) is 7.29. The Balaban J connectivity index is 1.86. The Bertz CT molecular complexity index is 715. The van der Waals surface area contributed by atoms with E-state index in [9.17, 15) is 9.59 Å². The van der Waals surface area contributed by atoms with E-state index >= 15 is 0 Å². The third kappa shape index (κ3) is 5.67. The number of ketones is 1. The zero-order chi connectivity index (χ0) is 18.9. The Labute approximate surface area is 154 Å². The van der Waals surface area contributed by atoms with Gasteiger partial charge >= 0.3 is 0 Å². The van der Waals surface area contributed by atoms with Gasteiger partial charge in [-0.15, -0.1) is 0 Å². The van der Waals surface area contributed by atoms with Crippen molar-refractivity contribution in [2.45, 2.75) is 18.9 Å². The van der Waals surface area contributed by atoms with Crippen molar-refractivity contribution in [1.29, 1.82) is 0 Å². The molecule has 26 heavy (non-hydrogen) atoms. The number of benzene rings is 1. The number of methoxy groups -OCH3 is 1. The van der Waals surface area contributed by atoms with E-state index in [1.54, 1.807) is 25.4 Å². The number of hydrogen-bond donors (Lipinski definition) is 1. The SMILES string of the molecule is COc1ccc(C(CNC(=O)CCC(=O)c2cccnc2)N(C)C)cc1. The summed E-state index contributed by atoms with van der Waals surface area (Å²) in [5, 5.41) is 2.92. The van der Waals surface area contributed by atoms with Crippen LogP contribution in [0.4, 0.5) is 0 Å². The van der Waals surface area contributed by atoms with Gasteiger partial charge in [-0.05, 0) is 43.9 Å². The summed E-state index contributed by atoms with van der Waals surface area (Å²) < 4.78 is 5.18. The number of nitrogens with zero attached hydrogens (tertiary/aromatic N) is 2. The maximum Gasteiger partial charge on any atom is 0.220 e. The first kappa shape index (κ1) is 19.6. The molecule has 0 radical (unpaired) electrons. The van der Waals surface area contributed by atoms with E-state index < -0.39 is 0 Å². The molecule has 1 amide bonds. The first-order valence-electron chi connectivity index (χ1n) is 8.51. The van der Waals surface area contributed by atoms with Crippen LogP contribution in [-0.2, 0) is 4.79 Å². The van der Waals surface area contributed by atoms with Gasteiger partial charge in [-0.1, -0.05) is 12.1 Å². The summed E-state index contributed by atoms with van der Waals surface area (Å²) in [5.74, 6) is 0.583. The van der Waals surface area contributed by atoms with Gasteiger partial charge in [-0.2, -0.15) is 0 Å². The summed E-state index contributed by atoms with van der Waals surface area (Å²) in [6.45, 7) is 0.471. The smallest absolute Gasteiger partial charge is 0.220 e. The first-order chi connectivity index (χ1) is 12.5. The van der Waals surface area contributed by atoms with Crippen molar-refractivity contribution >= 4 is 11.7 Å². The van der Waals surface area contributed by atoms with Crippen molar-refractivity contribution in [3.8, 4) is 5.75 Å². The van der Waals surface area contributed by atoms with Gasteiger partial charge in [0.1, 0.15) is 5.75 Å². The van der Waals surface area contributed by atoms with Crippen molar-refractivity contribution in [1.82, 2.24) is 15.2 Å². The Morgan fingerprint density at radius 3 is 2.46 bits per heavy atom. The van der Waals surface area contributed by atoms with Crippen LogP contribution in [-0.4, -0.2) is 49.3 Å². The van der Waals surface area contributed by atoms with Crippen LogP contribution < -0.4 is 10.1 Å². The van der Waals surface area contributed by atoms with Gasteiger partial charge in [-0.3, -0.25) is 14.6 Å². The van der Waals surface area contributed by atoms with Gasteiger partial charge in [0, 0.05) is 37.3 Å². The van der Waals surface area contributed by atoms with Gasteiger partial charge in [-0.25, -0.2) is 0 Å². The Morgan fingerprint density at radius 2 is 1.88 bits per heavy atom. The maximum atomic E-state index is 12.1. The quantitative estimate of drug-likeness (QED) is 0.700. The molecule has 0 saturated heterocycles. The molecule has 2 rings (SSSR count). The summed E-state index contributed by atoms with van der Waals surface area (Å²) >= 11 is 0. The summed E-state index contributed by atoms with van der Waals surface area (Å²) in [6, 6.07) is 11.2. The number of pyridine rings is 1. The van der Waals surface area contributed by atoms with E-state index in [0.717, 1.165) is 11.3 Å². The van der Waals surface area contributed by atoms with E-state index in [4.69, 9.17) is 4.74 Å². The lowest BCUT2D eigenvalue weighted by Crippen LogP contribution is -2.34. The number of hydrogen-bond acceptors (Lipinski definition) is 5. The molecule has 138 valence electrons. The third-order valence-corrected chi connectivity index (χ3v) is 4.18. The van der Waals surface area contributed by atoms with Crippen molar-refractivity contribution in [3.05, 3.63) is 59.9 Å². The van der Waals surface area contributed by atoms with Crippen LogP contribution in [0, 0.1) is 0 Å². The molecule has 1 atom stereocenters. The molecule has 1 aromatic heterocycles. The highest BCUT2D eigenvalue weighted by Crippen LogP contribution is 2.20. The van der Waals surface area contributed by atoms with E-state index in [1.807, 2.05) is 43.3 Å². The monoisotopic (exact) mass is 355 g/mol. The van der Waals surface area contributed by atoms with E-state index in [-0.39, 0.29) is 30.6 Å². The largest absolute Gasteiger partial charge is 0.497 e. The number of rotatable bonds is 9. The second-order valence-corrected chi connectivity index (χ2v) is 6.22. The topological polar surface area (TPSA) is 71.5 Å². The highest BCUT2D eigenvalue weighted by Gasteiger charge is 2.16. The number of carbonyl (C=O) groups is 2. The first-order valence-corrected chi connectivity index (χ1v) is 8.51. The van der Waals surface area contributed by atoms with Crippen LogP contribution in [0.15, 0.2) is 48.8 Å². The molecular weight excluding hydrogens is 330 g/mol. The Hall–Kier alpha value is -2.73. The standard InChI is InChI=1S/C20H25N3O3/c1-23(2)18(15-6-8-17(26-3)9-7-15)14-22-20(25)11-10-19(24)16-5-4-12-21-13-16/h4-9,12-13,18H,10-11,14H2,1-3H3,(H,22,25). The molecule has 0 aliphatic rings. The van der Waals surface area contributed by atoms with Gasteiger partial charge in [0.25, 0.3) is 0 Å². The van der Waals surface area contributed by atoms with Crippen LogP contribution in [0.5, 0.6) is 5.75 Å². The lowest BCUT2D eigenvalue weighted by atomic mass is 10.1. The molecule has 0 fully saturated rings. The molecule has 1 unspecified atom stereocenters. The van der Waals surface area contributed by atoms with Crippen LogP contribution in [0.3, 0.4) is 0 Å². The second-order valence-electron chi connectivity index (χ2n) is 6.22. The minimum atomic E-state index is -0.136. The van der Waals surface area contributed by atoms with Crippen molar-refractivity contribution in [3.63, 3.8) is 0 Å². The zero-order valence-electron chi connectivity index (χ0n) is 15.4. The van der Waals surface area contributed by atoms with Gasteiger partial charge in [0.15, 0.2) is 5.78 Å². The lowest BCUT2D eigenvalue weighted by Gasteiger charge is -2.25. The highest BCUT2D eigenvalue weighted by atomic mass is 16.5. The van der Waals surface area contributed by atoms with E-state index in [1.165, 1.54) is 6.20 Å². The summed E-state index contributed by atoms with van der Waals surface area (Å²) in [6.07, 6.45) is 3.47. The number of amides is 1. The molecular formula is C20H25N3O3. The number of nitrogens with one attached hydrogen (secondary N) is 1. The predicted molar refractivity (Wildman–Crippen MR) is 100 cm³/mol. The molecule has 1 aromatic carbocycles. The zero-order valence-corrected chi connectivity index (χ0v) is 15.4. The molecule has 0 spiro atoms. The average Bonchev–Trinajstić information content (AvgIpc) is 2.67. The van der Waals surface area contributed by atoms with Gasteiger partial charge < -0.3 is 15.0 Å². The fraction of sp³-hybridized carbons (Fsp3) is 0.350. The third-order valence-electron chi connectivity index (χ3n) is 4.18. The van der Waals surface area contributed by atoms with Gasteiger partial charge in [0.2, 0.25) is 5.91 Å². The molecule has 6 heteroatoms. The average molecular weight is 355 g/mol. The number of aromatic nitrogens is 1. The van der Waals surface area contributed by atoms with Crippen molar-refractivity contribution in [2.75, 3.05) is 27.7 Å². The molecule has 0 bridgehead atoms. The predicted octanol–water partition coefficient (Wildman–Crippen LogP) is 2.47. The second kappa shape index (κ2) is 9.68. The minimum Gasteiger partial charge on any atom is -0.497 e. The van der Waals surface area contributed by atoms with Crippen LogP contribution >= 0.6 is 0 Å². The fourth-order valence-corrected chi connectivity index (χ4v) is 2.62. The number of likely N-dealkylation sites (N-methyl/N-ethyl adjacent to an activating group) is 1. The molecule has 0 aliphatic heterocycles. The summed E-state index contributed by atoms with van der Waals surface area (Å²) in [7, 11) is 5.56. The lowest BCUT2D eigenvalue weighted by molar-refractivity contribution is -0.121. The number of Topliss-reactive ketones (excluding diaryl/α,β-unsaturated/α-hetero) is 1. The summed E-state index contributed by atoms with van der Waals surface area (Å²) in [4.78, 5) is 30.1. The number of carbonyl (C=O) groups excluding carboxylic acids is 2. The number of ether oxygens (including phenoxy) is 1. The molecule has 2 aromatic rings. The summed E-state index contributed by atoms with van der Waals surface area (Å²) in [5.41, 5.74) is 1.62. The van der Waals surface area contributed by atoms with Crippen LogP contribution in [0.25, 0.3) is 0 Å². The molecule has 0 aliphatic carbocycles. The van der Waals surface area contributed by atoms with E-state index in [2.05, 4.69) is 10.3 Å². The minimum absolute atomic E-state index is 0.0406. The molecule has 1 N–H and O–H groups in total. The maximum absolute atomic E-state index is 12.1. The molecule has 1 heterocycles. The molecule has 6 nitrogen and oxygen atoms in total. The highest BCUT2D eigenvalue weighted by molar-refractivity contribution is 5.97.